The number of carbonyl (C=O) groups is 3. The highest BCUT2D eigenvalue weighted by Gasteiger charge is 2.36. The number of amides is 4. The monoisotopic (exact) mass is 395 g/mol. The average molecular weight is 395 g/mol. The SMILES string of the molecule is CCOc1cc(/C=C2\C(=O)NC(=O)N(Cc3ccco3)C2=O)ccc1OCC#N. The Bertz CT molecular complexity index is 1000. The minimum Gasteiger partial charge on any atom is -0.490 e. The van der Waals surface area contributed by atoms with Crippen molar-refractivity contribution in [3.63, 3.8) is 0 Å². The van der Waals surface area contributed by atoms with Gasteiger partial charge in [0.25, 0.3) is 11.8 Å². The molecule has 4 amide bonds. The maximum atomic E-state index is 12.7. The third-order valence-corrected chi connectivity index (χ3v) is 3.95. The summed E-state index contributed by atoms with van der Waals surface area (Å²) in [6.07, 6.45) is 2.78. The van der Waals surface area contributed by atoms with Crippen molar-refractivity contribution < 1.29 is 28.3 Å². The van der Waals surface area contributed by atoms with Crippen molar-refractivity contribution in [3.05, 3.63) is 53.5 Å². The molecule has 0 bridgehead atoms. The van der Waals surface area contributed by atoms with Crippen molar-refractivity contribution in [3.8, 4) is 17.6 Å². The van der Waals surface area contributed by atoms with Crippen LogP contribution in [0.4, 0.5) is 4.79 Å². The molecule has 1 aliphatic heterocycles. The molecule has 9 nitrogen and oxygen atoms in total. The first-order chi connectivity index (χ1) is 14.0. The van der Waals surface area contributed by atoms with E-state index >= 15 is 0 Å². The summed E-state index contributed by atoms with van der Waals surface area (Å²) in [4.78, 5) is 37.9. The van der Waals surface area contributed by atoms with E-state index in [-0.39, 0.29) is 18.7 Å². The Balaban J connectivity index is 1.90. The van der Waals surface area contributed by atoms with E-state index in [1.165, 1.54) is 12.3 Å². The smallest absolute Gasteiger partial charge is 0.331 e. The number of furan rings is 1. The summed E-state index contributed by atoms with van der Waals surface area (Å²) in [5.74, 6) is -0.398. The van der Waals surface area contributed by atoms with Crippen LogP contribution in [0.1, 0.15) is 18.2 Å². The van der Waals surface area contributed by atoms with E-state index in [0.717, 1.165) is 4.90 Å². The summed E-state index contributed by atoms with van der Waals surface area (Å²) >= 11 is 0. The lowest BCUT2D eigenvalue weighted by molar-refractivity contribution is -0.130. The zero-order chi connectivity index (χ0) is 20.8. The zero-order valence-electron chi connectivity index (χ0n) is 15.5. The van der Waals surface area contributed by atoms with Crippen LogP contribution in [0.5, 0.6) is 11.5 Å². The van der Waals surface area contributed by atoms with Gasteiger partial charge in [0, 0.05) is 0 Å². The van der Waals surface area contributed by atoms with E-state index in [9.17, 15) is 14.4 Å². The molecule has 1 aliphatic rings. The molecule has 9 heteroatoms. The second-order valence-corrected chi connectivity index (χ2v) is 5.87. The van der Waals surface area contributed by atoms with Gasteiger partial charge >= 0.3 is 6.03 Å². The zero-order valence-corrected chi connectivity index (χ0v) is 15.5. The second-order valence-electron chi connectivity index (χ2n) is 5.87. The maximum absolute atomic E-state index is 12.7. The number of hydrogen-bond acceptors (Lipinski definition) is 7. The Morgan fingerprint density at radius 2 is 2.03 bits per heavy atom. The fraction of sp³-hybridized carbons (Fsp3) is 0.200. The Morgan fingerprint density at radius 3 is 2.72 bits per heavy atom. The van der Waals surface area contributed by atoms with Crippen LogP contribution in [0, 0.1) is 11.3 Å². The number of imide groups is 2. The molecule has 2 heterocycles. The minimum absolute atomic E-state index is 0.104. The summed E-state index contributed by atoms with van der Waals surface area (Å²) in [7, 11) is 0. The third-order valence-electron chi connectivity index (χ3n) is 3.95. The van der Waals surface area contributed by atoms with Crippen LogP contribution in [0.25, 0.3) is 6.08 Å². The number of nitrogens with zero attached hydrogens (tertiary/aromatic N) is 2. The van der Waals surface area contributed by atoms with Crippen molar-refractivity contribution in [2.45, 2.75) is 13.5 Å². The van der Waals surface area contributed by atoms with Crippen LogP contribution < -0.4 is 14.8 Å². The molecule has 0 aliphatic carbocycles. The largest absolute Gasteiger partial charge is 0.490 e. The highest BCUT2D eigenvalue weighted by Crippen LogP contribution is 2.30. The van der Waals surface area contributed by atoms with Crippen LogP contribution in [0.3, 0.4) is 0 Å². The van der Waals surface area contributed by atoms with Crippen LogP contribution in [0.15, 0.2) is 46.6 Å². The molecule has 1 aromatic heterocycles. The predicted molar refractivity (Wildman–Crippen MR) is 99.5 cm³/mol. The van der Waals surface area contributed by atoms with Gasteiger partial charge in [-0.25, -0.2) is 4.79 Å². The number of benzene rings is 1. The van der Waals surface area contributed by atoms with Gasteiger partial charge in [0.05, 0.1) is 19.4 Å². The summed E-state index contributed by atoms with van der Waals surface area (Å²) in [6, 6.07) is 9.07. The molecule has 1 fully saturated rings. The van der Waals surface area contributed by atoms with E-state index < -0.39 is 17.8 Å². The fourth-order valence-electron chi connectivity index (χ4n) is 2.67. The van der Waals surface area contributed by atoms with Gasteiger partial charge in [-0.05, 0) is 42.8 Å². The Kier molecular flexibility index (Phi) is 5.94. The first kappa shape index (κ1) is 19.7. The van der Waals surface area contributed by atoms with E-state index in [0.29, 0.717) is 29.4 Å². The molecular weight excluding hydrogens is 378 g/mol. The van der Waals surface area contributed by atoms with Gasteiger partial charge in [-0.2, -0.15) is 5.26 Å². The quantitative estimate of drug-likeness (QED) is 0.563. The van der Waals surface area contributed by atoms with Crippen molar-refractivity contribution in [2.24, 2.45) is 0 Å². The lowest BCUT2D eigenvalue weighted by Crippen LogP contribution is -2.53. The van der Waals surface area contributed by atoms with Crippen molar-refractivity contribution >= 4 is 23.9 Å². The van der Waals surface area contributed by atoms with Gasteiger partial charge < -0.3 is 13.9 Å². The van der Waals surface area contributed by atoms with E-state index in [2.05, 4.69) is 5.32 Å². The van der Waals surface area contributed by atoms with Crippen LogP contribution in [0.2, 0.25) is 0 Å². The van der Waals surface area contributed by atoms with Gasteiger partial charge in [0.2, 0.25) is 0 Å². The molecule has 148 valence electrons. The summed E-state index contributed by atoms with van der Waals surface area (Å²) in [6.45, 7) is 1.89. The Morgan fingerprint density at radius 1 is 1.21 bits per heavy atom. The van der Waals surface area contributed by atoms with Gasteiger partial charge in [0.15, 0.2) is 18.1 Å². The number of nitriles is 1. The number of barbiturate groups is 1. The number of urea groups is 1. The first-order valence-corrected chi connectivity index (χ1v) is 8.71. The summed E-state index contributed by atoms with van der Waals surface area (Å²) in [5, 5.41) is 10.8. The minimum atomic E-state index is -0.816. The second kappa shape index (κ2) is 8.75. The van der Waals surface area contributed by atoms with Crippen LogP contribution in [-0.2, 0) is 16.1 Å². The van der Waals surface area contributed by atoms with Crippen molar-refractivity contribution in [1.82, 2.24) is 10.2 Å². The van der Waals surface area contributed by atoms with E-state index in [4.69, 9.17) is 19.2 Å². The number of ether oxygens (including phenoxy) is 2. The summed E-state index contributed by atoms with van der Waals surface area (Å²) < 4.78 is 16.0. The average Bonchev–Trinajstić information content (AvgIpc) is 3.21. The highest BCUT2D eigenvalue weighted by molar-refractivity contribution is 6.30. The normalized spacial score (nSPS) is 15.2. The molecule has 3 rings (SSSR count). The van der Waals surface area contributed by atoms with Gasteiger partial charge in [0.1, 0.15) is 17.4 Å². The van der Waals surface area contributed by atoms with Gasteiger partial charge in [-0.15, -0.1) is 0 Å². The van der Waals surface area contributed by atoms with Crippen molar-refractivity contribution in [1.29, 1.82) is 5.26 Å². The van der Waals surface area contributed by atoms with Gasteiger partial charge in [-0.1, -0.05) is 6.07 Å². The molecule has 1 aromatic carbocycles. The Labute approximate surface area is 166 Å². The molecule has 0 saturated carbocycles. The first-order valence-electron chi connectivity index (χ1n) is 8.71. The lowest BCUT2D eigenvalue weighted by atomic mass is 10.1. The number of rotatable bonds is 7. The van der Waals surface area contributed by atoms with Crippen molar-refractivity contribution in [2.75, 3.05) is 13.2 Å². The molecule has 0 unspecified atom stereocenters. The predicted octanol–water partition coefficient (Wildman–Crippen LogP) is 2.24. The Hall–Kier alpha value is -4.06. The molecular formula is C20H17N3O6. The van der Waals surface area contributed by atoms with E-state index in [1.807, 2.05) is 6.07 Å². The molecule has 1 N–H and O–H groups in total. The number of hydrogen-bond donors (Lipinski definition) is 1. The molecule has 1 saturated heterocycles. The lowest BCUT2D eigenvalue weighted by Gasteiger charge is -2.25. The number of nitrogens with one attached hydrogen (secondary N) is 1. The molecule has 0 atom stereocenters. The fourth-order valence-corrected chi connectivity index (χ4v) is 2.67. The van der Waals surface area contributed by atoms with Crippen LogP contribution in [-0.4, -0.2) is 36.0 Å². The van der Waals surface area contributed by atoms with Gasteiger partial charge in [-0.3, -0.25) is 19.8 Å². The number of carbonyl (C=O) groups excluding carboxylic acids is 3. The molecule has 0 radical (unpaired) electrons. The molecule has 2 aromatic rings. The maximum Gasteiger partial charge on any atom is 0.331 e. The van der Waals surface area contributed by atoms with E-state index in [1.54, 1.807) is 37.3 Å². The standard InChI is InChI=1S/C20H17N3O6/c1-2-27-17-11-13(5-6-16(17)29-9-7-21)10-15-18(24)22-20(26)23(19(15)25)12-14-4-3-8-28-14/h3-6,8,10-11H,2,9,12H2,1H3,(H,22,24,26)/b15-10+. The van der Waals surface area contributed by atoms with Crippen LogP contribution >= 0.6 is 0 Å². The topological polar surface area (TPSA) is 122 Å². The molecule has 0 spiro atoms. The molecule has 29 heavy (non-hydrogen) atoms. The third kappa shape index (κ3) is 4.44. The highest BCUT2D eigenvalue weighted by atomic mass is 16.5. The summed E-state index contributed by atoms with van der Waals surface area (Å²) in [5.41, 5.74) is 0.285.